The molecule has 0 saturated carbocycles. The molecule has 0 aliphatic carbocycles. The number of carbonyl (C=O) groups is 1. The lowest BCUT2D eigenvalue weighted by atomic mass is 9.85. The van der Waals surface area contributed by atoms with Gasteiger partial charge in [0.1, 0.15) is 0 Å². The van der Waals surface area contributed by atoms with Crippen molar-refractivity contribution >= 4 is 24.0 Å². The van der Waals surface area contributed by atoms with E-state index in [-0.39, 0.29) is 23.7 Å². The van der Waals surface area contributed by atoms with Crippen LogP contribution in [0, 0.1) is 5.41 Å². The van der Waals surface area contributed by atoms with Crippen LogP contribution in [0.15, 0.2) is 54.6 Å². The first-order valence-electron chi connectivity index (χ1n) is 8.64. The van der Waals surface area contributed by atoms with Gasteiger partial charge in [-0.05, 0) is 48.9 Å². The van der Waals surface area contributed by atoms with E-state index in [4.69, 9.17) is 5.73 Å². The topological polar surface area (TPSA) is 55.1 Å². The third kappa shape index (κ3) is 7.18. The highest BCUT2D eigenvalue weighted by Gasteiger charge is 2.26. The molecular weight excluding hydrogens is 332 g/mol. The Kier molecular flexibility index (Phi) is 8.50. The van der Waals surface area contributed by atoms with Crippen molar-refractivity contribution in [2.45, 2.75) is 39.5 Å². The maximum Gasteiger partial charge on any atom is 0.225 e. The lowest BCUT2D eigenvalue weighted by Crippen LogP contribution is -2.38. The lowest BCUT2D eigenvalue weighted by Gasteiger charge is -2.23. The van der Waals surface area contributed by atoms with E-state index in [9.17, 15) is 4.79 Å². The van der Waals surface area contributed by atoms with Gasteiger partial charge in [-0.2, -0.15) is 0 Å². The Labute approximate surface area is 157 Å². The average molecular weight is 361 g/mol. The molecule has 0 spiro atoms. The van der Waals surface area contributed by atoms with Crippen LogP contribution in [-0.4, -0.2) is 12.5 Å². The number of anilines is 1. The van der Waals surface area contributed by atoms with Gasteiger partial charge >= 0.3 is 0 Å². The summed E-state index contributed by atoms with van der Waals surface area (Å²) in [6.45, 7) is 4.71. The van der Waals surface area contributed by atoms with Gasteiger partial charge < -0.3 is 11.1 Å². The third-order valence-corrected chi connectivity index (χ3v) is 4.40. The molecule has 25 heavy (non-hydrogen) atoms. The Balaban J connectivity index is 0.00000312. The first kappa shape index (κ1) is 21.0. The molecule has 3 nitrogen and oxygen atoms in total. The first-order valence-corrected chi connectivity index (χ1v) is 8.64. The molecule has 0 aliphatic heterocycles. The Bertz CT molecular complexity index is 639. The fraction of sp³-hybridized carbons (Fsp3) is 0.381. The number of hydrogen-bond acceptors (Lipinski definition) is 2. The maximum absolute atomic E-state index is 12.4. The van der Waals surface area contributed by atoms with Crippen molar-refractivity contribution < 1.29 is 4.79 Å². The zero-order chi connectivity index (χ0) is 17.4. The summed E-state index contributed by atoms with van der Waals surface area (Å²) in [4.78, 5) is 12.4. The summed E-state index contributed by atoms with van der Waals surface area (Å²) in [5.74, 6) is 0.131. The van der Waals surface area contributed by atoms with Crippen LogP contribution in [0.5, 0.6) is 0 Å². The standard InChI is InChI=1S/C21H28N2O.ClH/c1-21(2,15-6-9-17-7-4-3-5-8-17)20(24)23-16-14-18-10-12-19(22)13-11-18;/h3-5,7-8,10-13H,6,9,14-16,22H2,1-2H3,(H,23,24);1H. The fourth-order valence-electron chi connectivity index (χ4n) is 2.74. The number of carbonyl (C=O) groups excluding carboxylic acids is 1. The van der Waals surface area contributed by atoms with Crippen LogP contribution in [0.3, 0.4) is 0 Å². The number of rotatable bonds is 8. The van der Waals surface area contributed by atoms with E-state index >= 15 is 0 Å². The second-order valence-corrected chi connectivity index (χ2v) is 6.97. The molecule has 3 N–H and O–H groups in total. The van der Waals surface area contributed by atoms with Gasteiger partial charge in [0.2, 0.25) is 5.91 Å². The number of halogens is 1. The van der Waals surface area contributed by atoms with Gasteiger partial charge in [-0.3, -0.25) is 4.79 Å². The van der Waals surface area contributed by atoms with E-state index in [1.807, 2.05) is 44.2 Å². The number of amides is 1. The summed E-state index contributed by atoms with van der Waals surface area (Å²) < 4.78 is 0. The monoisotopic (exact) mass is 360 g/mol. The predicted octanol–water partition coefficient (Wildman–Crippen LogP) is 4.40. The second kappa shape index (κ2) is 10.1. The molecule has 1 amide bonds. The normalized spacial score (nSPS) is 10.8. The largest absolute Gasteiger partial charge is 0.399 e. The van der Waals surface area contributed by atoms with Crippen LogP contribution in [0.25, 0.3) is 0 Å². The van der Waals surface area contributed by atoms with Gasteiger partial charge in [0.05, 0.1) is 0 Å². The van der Waals surface area contributed by atoms with Crippen LogP contribution in [0.1, 0.15) is 37.8 Å². The van der Waals surface area contributed by atoms with Gasteiger partial charge in [0, 0.05) is 17.6 Å². The molecule has 4 heteroatoms. The smallest absolute Gasteiger partial charge is 0.225 e. The Morgan fingerprint density at radius 3 is 2.20 bits per heavy atom. The first-order chi connectivity index (χ1) is 11.5. The van der Waals surface area contributed by atoms with Crippen molar-refractivity contribution in [3.63, 3.8) is 0 Å². The summed E-state index contributed by atoms with van der Waals surface area (Å²) in [6.07, 6.45) is 3.74. The molecule has 0 aliphatic rings. The van der Waals surface area contributed by atoms with E-state index in [1.54, 1.807) is 0 Å². The SMILES string of the molecule is CC(C)(CCCc1ccccc1)C(=O)NCCc1ccc(N)cc1.Cl. The third-order valence-electron chi connectivity index (χ3n) is 4.40. The molecular formula is C21H29ClN2O. The van der Waals surface area contributed by atoms with Crippen molar-refractivity contribution in [1.29, 1.82) is 0 Å². The van der Waals surface area contributed by atoms with Gasteiger partial charge in [-0.25, -0.2) is 0 Å². The molecule has 2 aromatic rings. The molecule has 2 rings (SSSR count). The van der Waals surface area contributed by atoms with Crippen LogP contribution in [0.4, 0.5) is 5.69 Å². The summed E-state index contributed by atoms with van der Waals surface area (Å²) in [7, 11) is 0. The van der Waals surface area contributed by atoms with Crippen LogP contribution >= 0.6 is 12.4 Å². The predicted molar refractivity (Wildman–Crippen MR) is 108 cm³/mol. The lowest BCUT2D eigenvalue weighted by molar-refractivity contribution is -0.129. The number of nitrogen functional groups attached to an aromatic ring is 1. The Hall–Kier alpha value is -2.00. The summed E-state index contributed by atoms with van der Waals surface area (Å²) in [6, 6.07) is 18.2. The van der Waals surface area contributed by atoms with Gasteiger partial charge in [0.25, 0.3) is 0 Å². The number of hydrogen-bond donors (Lipinski definition) is 2. The highest BCUT2D eigenvalue weighted by atomic mass is 35.5. The molecule has 0 saturated heterocycles. The summed E-state index contributed by atoms with van der Waals surface area (Å²) in [5, 5.41) is 3.06. The highest BCUT2D eigenvalue weighted by Crippen LogP contribution is 2.23. The van der Waals surface area contributed by atoms with Gasteiger partial charge in [-0.15, -0.1) is 12.4 Å². The highest BCUT2D eigenvalue weighted by molar-refractivity contribution is 5.85. The van der Waals surface area contributed by atoms with Gasteiger partial charge in [-0.1, -0.05) is 56.3 Å². The number of nitrogens with two attached hydrogens (primary N) is 1. The molecule has 0 unspecified atom stereocenters. The van der Waals surface area contributed by atoms with Crippen LogP contribution in [-0.2, 0) is 17.6 Å². The van der Waals surface area contributed by atoms with Crippen LogP contribution < -0.4 is 11.1 Å². The molecule has 136 valence electrons. The molecule has 0 atom stereocenters. The van der Waals surface area contributed by atoms with Gasteiger partial charge in [0.15, 0.2) is 0 Å². The minimum Gasteiger partial charge on any atom is -0.399 e. The zero-order valence-electron chi connectivity index (χ0n) is 15.1. The van der Waals surface area contributed by atoms with E-state index in [2.05, 4.69) is 29.6 Å². The second-order valence-electron chi connectivity index (χ2n) is 6.97. The number of aryl methyl sites for hydroxylation is 1. The fourth-order valence-corrected chi connectivity index (χ4v) is 2.74. The average Bonchev–Trinajstić information content (AvgIpc) is 2.57. The number of benzene rings is 2. The van der Waals surface area contributed by atoms with E-state index < -0.39 is 0 Å². The Morgan fingerprint density at radius 1 is 0.960 bits per heavy atom. The van der Waals surface area contributed by atoms with Crippen molar-refractivity contribution in [2.24, 2.45) is 5.41 Å². The zero-order valence-corrected chi connectivity index (χ0v) is 15.9. The van der Waals surface area contributed by atoms with Crippen molar-refractivity contribution in [1.82, 2.24) is 5.32 Å². The number of nitrogens with one attached hydrogen (secondary N) is 1. The molecule has 0 heterocycles. The van der Waals surface area contributed by atoms with Crippen molar-refractivity contribution in [2.75, 3.05) is 12.3 Å². The van der Waals surface area contributed by atoms with E-state index in [1.165, 1.54) is 11.1 Å². The Morgan fingerprint density at radius 2 is 1.56 bits per heavy atom. The quantitative estimate of drug-likeness (QED) is 0.685. The van der Waals surface area contributed by atoms with Crippen molar-refractivity contribution in [3.05, 3.63) is 65.7 Å². The van der Waals surface area contributed by atoms with Crippen molar-refractivity contribution in [3.8, 4) is 0 Å². The van der Waals surface area contributed by atoms with Crippen LogP contribution in [0.2, 0.25) is 0 Å². The minimum atomic E-state index is -0.337. The minimum absolute atomic E-state index is 0. The van der Waals surface area contributed by atoms with E-state index in [0.717, 1.165) is 31.4 Å². The summed E-state index contributed by atoms with van der Waals surface area (Å²) >= 11 is 0. The molecule has 0 bridgehead atoms. The molecule has 0 aromatic heterocycles. The maximum atomic E-state index is 12.4. The molecule has 2 aromatic carbocycles. The summed E-state index contributed by atoms with van der Waals surface area (Å²) in [5.41, 5.74) is 8.63. The van der Waals surface area contributed by atoms with E-state index in [0.29, 0.717) is 6.54 Å². The molecule has 0 radical (unpaired) electrons. The molecule has 0 fully saturated rings.